The minimum Gasteiger partial charge on any atom is -0.489 e. The van der Waals surface area contributed by atoms with Gasteiger partial charge in [0.25, 0.3) is 5.91 Å². The summed E-state index contributed by atoms with van der Waals surface area (Å²) in [4.78, 5) is 28.9. The van der Waals surface area contributed by atoms with E-state index >= 15 is 0 Å². The smallest absolute Gasteiger partial charge is 0.323 e. The van der Waals surface area contributed by atoms with E-state index in [2.05, 4.69) is 20.9 Å². The average Bonchev–Trinajstić information content (AvgIpc) is 2.89. The maximum absolute atomic E-state index is 12.7. The number of anilines is 2. The summed E-state index contributed by atoms with van der Waals surface area (Å²) in [5.74, 6) is 0.546. The number of ether oxygens (including phenoxy) is 1. The summed E-state index contributed by atoms with van der Waals surface area (Å²) in [6.45, 7) is 2.37. The lowest BCUT2D eigenvalue weighted by atomic mass is 10.1. The van der Waals surface area contributed by atoms with Crippen molar-refractivity contribution in [3.05, 3.63) is 120 Å². The van der Waals surface area contributed by atoms with Crippen molar-refractivity contribution in [1.29, 1.82) is 0 Å². The fraction of sp³-hybridized carbons (Fsp3) is 0.107. The van der Waals surface area contributed by atoms with Gasteiger partial charge in [0.15, 0.2) is 0 Å². The van der Waals surface area contributed by atoms with Crippen LogP contribution < -0.4 is 20.7 Å². The first-order valence-electron chi connectivity index (χ1n) is 11.2. The highest BCUT2D eigenvalue weighted by molar-refractivity contribution is 6.00. The zero-order chi connectivity index (χ0) is 24.5. The lowest BCUT2D eigenvalue weighted by molar-refractivity contribution is 0.0940. The van der Waals surface area contributed by atoms with Gasteiger partial charge in [0.1, 0.15) is 12.4 Å². The molecule has 1 unspecified atom stereocenters. The van der Waals surface area contributed by atoms with Gasteiger partial charge in [0.2, 0.25) is 0 Å². The Bertz CT molecular complexity index is 1250. The third kappa shape index (κ3) is 6.91. The Kier molecular flexibility index (Phi) is 7.70. The fourth-order valence-electron chi connectivity index (χ4n) is 3.39. The predicted molar refractivity (Wildman–Crippen MR) is 136 cm³/mol. The zero-order valence-electron chi connectivity index (χ0n) is 19.3. The van der Waals surface area contributed by atoms with E-state index in [1.54, 1.807) is 48.8 Å². The summed E-state index contributed by atoms with van der Waals surface area (Å²) >= 11 is 0. The fourth-order valence-corrected chi connectivity index (χ4v) is 3.39. The molecule has 35 heavy (non-hydrogen) atoms. The van der Waals surface area contributed by atoms with Gasteiger partial charge in [0, 0.05) is 34.9 Å². The second-order valence-corrected chi connectivity index (χ2v) is 7.94. The number of amides is 3. The lowest BCUT2D eigenvalue weighted by Gasteiger charge is -2.15. The average molecular weight is 467 g/mol. The first-order valence-corrected chi connectivity index (χ1v) is 11.2. The molecule has 0 aliphatic carbocycles. The number of para-hydroxylation sites is 1. The van der Waals surface area contributed by atoms with E-state index in [-0.39, 0.29) is 18.0 Å². The monoisotopic (exact) mass is 466 g/mol. The molecule has 7 heteroatoms. The standard InChI is InChI=1S/C28H26N4O3/c1-20(22-11-15-26(16-12-22)35-19-21-6-5-17-29-18-21)30-27(33)23-9-13-25(14-10-23)32-28(34)31-24-7-3-2-4-8-24/h2-18,20H,19H2,1H3,(H,30,33)(H2,31,32,34). The molecule has 176 valence electrons. The summed E-state index contributed by atoms with van der Waals surface area (Å²) < 4.78 is 5.79. The quantitative estimate of drug-likeness (QED) is 0.306. The molecule has 0 radical (unpaired) electrons. The summed E-state index contributed by atoms with van der Waals surface area (Å²) in [7, 11) is 0. The number of benzene rings is 3. The van der Waals surface area contributed by atoms with Crippen LogP contribution in [-0.4, -0.2) is 16.9 Å². The number of carbonyl (C=O) groups excluding carboxylic acids is 2. The highest BCUT2D eigenvalue weighted by Gasteiger charge is 2.12. The number of hydrogen-bond acceptors (Lipinski definition) is 4. The van der Waals surface area contributed by atoms with E-state index in [1.165, 1.54) is 0 Å². The Morgan fingerprint density at radius 3 is 2.17 bits per heavy atom. The molecule has 3 N–H and O–H groups in total. The molecule has 0 saturated carbocycles. The second-order valence-electron chi connectivity index (χ2n) is 7.94. The number of aromatic nitrogens is 1. The maximum atomic E-state index is 12.7. The highest BCUT2D eigenvalue weighted by atomic mass is 16.5. The van der Waals surface area contributed by atoms with Crippen LogP contribution in [0.25, 0.3) is 0 Å². The number of nitrogens with zero attached hydrogens (tertiary/aromatic N) is 1. The number of hydrogen-bond donors (Lipinski definition) is 3. The number of rotatable bonds is 8. The number of pyridine rings is 1. The van der Waals surface area contributed by atoms with Crippen LogP contribution in [-0.2, 0) is 6.61 Å². The van der Waals surface area contributed by atoms with Crippen molar-refractivity contribution in [1.82, 2.24) is 10.3 Å². The molecule has 0 aliphatic rings. The lowest BCUT2D eigenvalue weighted by Crippen LogP contribution is -2.26. The van der Waals surface area contributed by atoms with Crippen molar-refractivity contribution in [3.63, 3.8) is 0 Å². The Morgan fingerprint density at radius 2 is 1.51 bits per heavy atom. The molecule has 3 aromatic carbocycles. The van der Waals surface area contributed by atoms with Crippen LogP contribution in [0, 0.1) is 0 Å². The van der Waals surface area contributed by atoms with Crippen LogP contribution in [0.15, 0.2) is 103 Å². The van der Waals surface area contributed by atoms with Gasteiger partial charge < -0.3 is 20.7 Å². The van der Waals surface area contributed by atoms with E-state index in [9.17, 15) is 9.59 Å². The third-order valence-corrected chi connectivity index (χ3v) is 5.29. The molecule has 4 aromatic rings. The molecule has 1 heterocycles. The van der Waals surface area contributed by atoms with Crippen LogP contribution >= 0.6 is 0 Å². The van der Waals surface area contributed by atoms with Crippen molar-refractivity contribution in [3.8, 4) is 5.75 Å². The molecule has 4 rings (SSSR count). The molecule has 0 saturated heterocycles. The first-order chi connectivity index (χ1) is 17.1. The SMILES string of the molecule is CC(NC(=O)c1ccc(NC(=O)Nc2ccccc2)cc1)c1ccc(OCc2cccnc2)cc1. The van der Waals surface area contributed by atoms with E-state index in [4.69, 9.17) is 4.74 Å². The molecule has 3 amide bonds. The molecular weight excluding hydrogens is 440 g/mol. The predicted octanol–water partition coefficient (Wildman–Crippen LogP) is 5.80. The van der Waals surface area contributed by atoms with Gasteiger partial charge in [-0.15, -0.1) is 0 Å². The minimum atomic E-state index is -0.352. The number of carbonyl (C=O) groups is 2. The Morgan fingerprint density at radius 1 is 0.829 bits per heavy atom. The van der Waals surface area contributed by atoms with Gasteiger partial charge in [0.05, 0.1) is 6.04 Å². The van der Waals surface area contributed by atoms with Gasteiger partial charge in [-0.25, -0.2) is 4.79 Å². The summed E-state index contributed by atoms with van der Waals surface area (Å²) in [6.07, 6.45) is 3.50. The van der Waals surface area contributed by atoms with Crippen molar-refractivity contribution in [2.24, 2.45) is 0 Å². The zero-order valence-corrected chi connectivity index (χ0v) is 19.3. The molecule has 0 bridgehead atoms. The first kappa shape index (κ1) is 23.5. The Balaban J connectivity index is 1.27. The molecule has 0 aliphatic heterocycles. The van der Waals surface area contributed by atoms with Gasteiger partial charge >= 0.3 is 6.03 Å². The summed E-state index contributed by atoms with van der Waals surface area (Å²) in [5.41, 5.74) is 3.74. The van der Waals surface area contributed by atoms with Gasteiger partial charge in [-0.05, 0) is 67.1 Å². The minimum absolute atomic E-state index is 0.190. The van der Waals surface area contributed by atoms with E-state index in [0.717, 1.165) is 16.9 Å². The Labute approximate surface area is 204 Å². The van der Waals surface area contributed by atoms with Gasteiger partial charge in [-0.1, -0.05) is 36.4 Å². The summed E-state index contributed by atoms with van der Waals surface area (Å²) in [5, 5.41) is 8.50. The van der Waals surface area contributed by atoms with E-state index in [0.29, 0.717) is 23.5 Å². The van der Waals surface area contributed by atoms with Crippen LogP contribution in [0.5, 0.6) is 5.75 Å². The molecule has 0 fully saturated rings. The largest absolute Gasteiger partial charge is 0.489 e. The molecule has 0 spiro atoms. The van der Waals surface area contributed by atoms with Gasteiger partial charge in [-0.2, -0.15) is 0 Å². The normalized spacial score (nSPS) is 11.2. The molecule has 1 atom stereocenters. The molecular formula is C28H26N4O3. The van der Waals surface area contributed by atoms with Crippen molar-refractivity contribution >= 4 is 23.3 Å². The van der Waals surface area contributed by atoms with Crippen molar-refractivity contribution < 1.29 is 14.3 Å². The maximum Gasteiger partial charge on any atom is 0.323 e. The number of urea groups is 1. The molecule has 1 aromatic heterocycles. The van der Waals surface area contributed by atoms with Crippen molar-refractivity contribution in [2.45, 2.75) is 19.6 Å². The van der Waals surface area contributed by atoms with Gasteiger partial charge in [-0.3, -0.25) is 9.78 Å². The van der Waals surface area contributed by atoms with Crippen LogP contribution in [0.3, 0.4) is 0 Å². The third-order valence-electron chi connectivity index (χ3n) is 5.29. The Hall–Kier alpha value is -4.65. The van der Waals surface area contributed by atoms with Crippen LogP contribution in [0.1, 0.15) is 34.5 Å². The van der Waals surface area contributed by atoms with E-state index < -0.39 is 0 Å². The van der Waals surface area contributed by atoms with Crippen molar-refractivity contribution in [2.75, 3.05) is 10.6 Å². The van der Waals surface area contributed by atoms with Crippen LogP contribution in [0.4, 0.5) is 16.2 Å². The highest BCUT2D eigenvalue weighted by Crippen LogP contribution is 2.19. The van der Waals surface area contributed by atoms with E-state index in [1.807, 2.05) is 61.5 Å². The molecule has 7 nitrogen and oxygen atoms in total. The summed E-state index contributed by atoms with van der Waals surface area (Å²) in [6, 6.07) is 26.8. The second kappa shape index (κ2) is 11.5. The van der Waals surface area contributed by atoms with Crippen LogP contribution in [0.2, 0.25) is 0 Å². The topological polar surface area (TPSA) is 92.4 Å². The number of nitrogens with one attached hydrogen (secondary N) is 3.